The van der Waals surface area contributed by atoms with Crippen molar-refractivity contribution in [1.29, 1.82) is 0 Å². The van der Waals surface area contributed by atoms with Gasteiger partial charge in [0.1, 0.15) is 5.82 Å². The normalized spacial score (nSPS) is 17.7. The molecule has 1 fully saturated rings. The number of aliphatic hydroxyl groups excluding tert-OH is 1. The van der Waals surface area contributed by atoms with E-state index >= 15 is 0 Å². The van der Waals surface area contributed by atoms with E-state index in [4.69, 9.17) is 15.2 Å². The standard InChI is InChI=1S/C24H31N7O5/c1-3-35-22(33)20(23(34)36-4-2)21-17(25)12-15(13-26-21)28-24-29-19-7-5-6-18(31(19)30-24)27-14-8-10-16(32)11-9-14/h5-7,12-14,16,20,27,32H,3-4,8-11,25H2,1-2H3,(H,28,30). The second-order valence-electron chi connectivity index (χ2n) is 8.53. The number of pyridine rings is 2. The summed E-state index contributed by atoms with van der Waals surface area (Å²) in [5.74, 6) is -1.80. The van der Waals surface area contributed by atoms with Crippen molar-refractivity contribution >= 4 is 40.7 Å². The van der Waals surface area contributed by atoms with Crippen LogP contribution in [-0.4, -0.2) is 62.0 Å². The molecule has 3 heterocycles. The minimum atomic E-state index is -1.37. The summed E-state index contributed by atoms with van der Waals surface area (Å²) < 4.78 is 11.7. The largest absolute Gasteiger partial charge is 0.465 e. The fraction of sp³-hybridized carbons (Fsp3) is 0.458. The zero-order valence-electron chi connectivity index (χ0n) is 20.3. The van der Waals surface area contributed by atoms with Gasteiger partial charge < -0.3 is 30.9 Å². The molecule has 0 radical (unpaired) electrons. The van der Waals surface area contributed by atoms with Crippen LogP contribution in [0.1, 0.15) is 51.1 Å². The van der Waals surface area contributed by atoms with Crippen LogP contribution in [0.25, 0.3) is 5.65 Å². The van der Waals surface area contributed by atoms with E-state index in [0.29, 0.717) is 17.3 Å². The number of fused-ring (bicyclic) bond motifs is 1. The van der Waals surface area contributed by atoms with Crippen LogP contribution in [0.15, 0.2) is 30.5 Å². The van der Waals surface area contributed by atoms with Gasteiger partial charge in [-0.15, -0.1) is 5.10 Å². The number of carbonyl (C=O) groups is 2. The summed E-state index contributed by atoms with van der Waals surface area (Å²) >= 11 is 0. The Hall–Kier alpha value is -3.93. The predicted octanol–water partition coefficient (Wildman–Crippen LogP) is 2.38. The molecule has 5 N–H and O–H groups in total. The molecule has 0 saturated heterocycles. The number of aromatic nitrogens is 4. The third kappa shape index (κ3) is 5.65. The lowest BCUT2D eigenvalue weighted by Crippen LogP contribution is -2.29. The number of rotatable bonds is 9. The van der Waals surface area contributed by atoms with Gasteiger partial charge in [-0.3, -0.25) is 14.6 Å². The molecule has 0 atom stereocenters. The summed E-state index contributed by atoms with van der Waals surface area (Å²) in [6, 6.07) is 7.46. The third-order valence-electron chi connectivity index (χ3n) is 5.93. The van der Waals surface area contributed by atoms with Crippen molar-refractivity contribution in [1.82, 2.24) is 19.6 Å². The number of ether oxygens (including phenoxy) is 2. The van der Waals surface area contributed by atoms with Crippen molar-refractivity contribution in [2.45, 2.75) is 57.6 Å². The van der Waals surface area contributed by atoms with Crippen molar-refractivity contribution in [3.63, 3.8) is 0 Å². The molecule has 3 aromatic heterocycles. The molecule has 0 aliphatic heterocycles. The van der Waals surface area contributed by atoms with Crippen molar-refractivity contribution in [2.75, 3.05) is 29.6 Å². The fourth-order valence-corrected chi connectivity index (χ4v) is 4.20. The molecule has 0 amide bonds. The van der Waals surface area contributed by atoms with Gasteiger partial charge in [-0.1, -0.05) is 6.07 Å². The Kier molecular flexibility index (Phi) is 7.84. The predicted molar refractivity (Wildman–Crippen MR) is 133 cm³/mol. The molecule has 0 spiro atoms. The van der Waals surface area contributed by atoms with Gasteiger partial charge in [-0.05, 0) is 57.7 Å². The summed E-state index contributed by atoms with van der Waals surface area (Å²) in [6.45, 7) is 3.50. The molecule has 12 nitrogen and oxygen atoms in total. The van der Waals surface area contributed by atoms with Crippen molar-refractivity contribution in [2.24, 2.45) is 0 Å². The monoisotopic (exact) mass is 497 g/mol. The number of hydrogen-bond donors (Lipinski definition) is 4. The average Bonchev–Trinajstić information content (AvgIpc) is 3.26. The van der Waals surface area contributed by atoms with Crippen LogP contribution in [0.2, 0.25) is 0 Å². The molecule has 12 heteroatoms. The number of esters is 2. The number of aliphatic hydroxyl groups is 1. The van der Waals surface area contributed by atoms with Crippen molar-refractivity contribution in [3.05, 3.63) is 36.2 Å². The summed E-state index contributed by atoms with van der Waals surface area (Å²) in [5.41, 5.74) is 7.47. The lowest BCUT2D eigenvalue weighted by atomic mass is 9.93. The number of carbonyl (C=O) groups excluding carboxylic acids is 2. The summed E-state index contributed by atoms with van der Waals surface area (Å²) in [7, 11) is 0. The second-order valence-corrected chi connectivity index (χ2v) is 8.53. The highest BCUT2D eigenvalue weighted by Crippen LogP contribution is 2.27. The molecule has 192 valence electrons. The molecular formula is C24H31N7O5. The third-order valence-corrected chi connectivity index (χ3v) is 5.93. The van der Waals surface area contributed by atoms with E-state index in [9.17, 15) is 14.7 Å². The van der Waals surface area contributed by atoms with Crippen molar-refractivity contribution < 1.29 is 24.2 Å². The van der Waals surface area contributed by atoms with Crippen LogP contribution < -0.4 is 16.4 Å². The summed E-state index contributed by atoms with van der Waals surface area (Å²) in [5, 5.41) is 20.9. The van der Waals surface area contributed by atoms with E-state index in [-0.39, 0.29) is 36.7 Å². The van der Waals surface area contributed by atoms with Gasteiger partial charge in [0.05, 0.1) is 42.6 Å². The molecule has 3 aromatic rings. The zero-order valence-corrected chi connectivity index (χ0v) is 20.3. The molecule has 4 rings (SSSR count). The van der Waals surface area contributed by atoms with Crippen LogP contribution in [0.5, 0.6) is 0 Å². The number of nitrogens with zero attached hydrogens (tertiary/aromatic N) is 4. The SMILES string of the molecule is CCOC(=O)C(C(=O)OCC)c1ncc(Nc2nc3cccc(NC4CCC(O)CC4)n3n2)cc1N. The Morgan fingerprint density at radius 1 is 1.17 bits per heavy atom. The summed E-state index contributed by atoms with van der Waals surface area (Å²) in [6.07, 6.45) is 4.53. The highest BCUT2D eigenvalue weighted by molar-refractivity contribution is 6.01. The number of nitrogens with one attached hydrogen (secondary N) is 2. The van der Waals surface area contributed by atoms with Gasteiger partial charge in [0.2, 0.25) is 5.95 Å². The van der Waals surface area contributed by atoms with Gasteiger partial charge in [0, 0.05) is 6.04 Å². The molecule has 1 saturated carbocycles. The average molecular weight is 498 g/mol. The topological polar surface area (TPSA) is 166 Å². The first-order valence-electron chi connectivity index (χ1n) is 12.1. The Labute approximate surface area is 208 Å². The molecule has 1 aliphatic rings. The zero-order chi connectivity index (χ0) is 25.7. The Morgan fingerprint density at radius 3 is 2.50 bits per heavy atom. The van der Waals surface area contributed by atoms with E-state index in [1.165, 1.54) is 6.20 Å². The minimum absolute atomic E-state index is 0.0597. The Bertz CT molecular complexity index is 1200. The molecular weight excluding hydrogens is 466 g/mol. The van der Waals surface area contributed by atoms with Gasteiger partial charge in [-0.25, -0.2) is 0 Å². The maximum Gasteiger partial charge on any atom is 0.326 e. The van der Waals surface area contributed by atoms with Crippen LogP contribution >= 0.6 is 0 Å². The second kappa shape index (κ2) is 11.2. The Morgan fingerprint density at radius 2 is 1.86 bits per heavy atom. The van der Waals surface area contributed by atoms with E-state index in [0.717, 1.165) is 31.5 Å². The maximum absolute atomic E-state index is 12.4. The molecule has 0 aromatic carbocycles. The lowest BCUT2D eigenvalue weighted by Gasteiger charge is -2.26. The summed E-state index contributed by atoms with van der Waals surface area (Å²) in [4.78, 5) is 33.6. The van der Waals surface area contributed by atoms with Crippen LogP contribution in [0, 0.1) is 0 Å². The first kappa shape index (κ1) is 25.2. The first-order valence-corrected chi connectivity index (χ1v) is 12.1. The van der Waals surface area contributed by atoms with Gasteiger partial charge in [0.25, 0.3) is 0 Å². The van der Waals surface area contributed by atoms with E-state index in [1.807, 2.05) is 18.2 Å². The molecule has 36 heavy (non-hydrogen) atoms. The van der Waals surface area contributed by atoms with Crippen molar-refractivity contribution in [3.8, 4) is 0 Å². The van der Waals surface area contributed by atoms with Gasteiger partial charge in [0.15, 0.2) is 11.6 Å². The maximum atomic E-state index is 12.4. The molecule has 1 aliphatic carbocycles. The smallest absolute Gasteiger partial charge is 0.326 e. The van der Waals surface area contributed by atoms with Gasteiger partial charge >= 0.3 is 11.9 Å². The van der Waals surface area contributed by atoms with Crippen LogP contribution in [0.4, 0.5) is 23.1 Å². The van der Waals surface area contributed by atoms with Crippen LogP contribution in [-0.2, 0) is 19.1 Å². The minimum Gasteiger partial charge on any atom is -0.465 e. The Balaban J connectivity index is 1.53. The lowest BCUT2D eigenvalue weighted by molar-refractivity contribution is -0.157. The van der Waals surface area contributed by atoms with Crippen LogP contribution in [0.3, 0.4) is 0 Å². The van der Waals surface area contributed by atoms with E-state index in [1.54, 1.807) is 24.4 Å². The van der Waals surface area contributed by atoms with Gasteiger partial charge in [-0.2, -0.15) is 9.50 Å². The molecule has 0 bridgehead atoms. The quantitative estimate of drug-likeness (QED) is 0.253. The highest BCUT2D eigenvalue weighted by atomic mass is 16.6. The molecule has 0 unspecified atom stereocenters. The van der Waals surface area contributed by atoms with E-state index in [2.05, 4.69) is 25.7 Å². The number of nitrogen functional groups attached to an aromatic ring is 1. The first-order chi connectivity index (χ1) is 17.4. The number of hydrogen-bond acceptors (Lipinski definition) is 11. The number of nitrogens with two attached hydrogens (primary N) is 1. The fourth-order valence-electron chi connectivity index (χ4n) is 4.20. The highest BCUT2D eigenvalue weighted by Gasteiger charge is 2.34. The number of anilines is 4. The van der Waals surface area contributed by atoms with E-state index < -0.39 is 17.9 Å².